The Hall–Kier alpha value is -0.430. The number of nitrogens with one attached hydrogen (secondary N) is 2. The Morgan fingerprint density at radius 2 is 1.81 bits per heavy atom. The molecule has 4 nitrogen and oxygen atoms in total. The predicted octanol–water partition coefficient (Wildman–Crippen LogP) is 2.86. The summed E-state index contributed by atoms with van der Waals surface area (Å²) < 4.78 is 27.7. The molecular weight excluding hydrogens is 304 g/mol. The lowest BCUT2D eigenvalue weighted by Gasteiger charge is -2.26. The van der Waals surface area contributed by atoms with Crippen LogP contribution in [0.1, 0.15) is 50.3 Å². The lowest BCUT2D eigenvalue weighted by molar-refractivity contribution is 0.332. The highest BCUT2D eigenvalue weighted by Gasteiger charge is 2.25. The van der Waals surface area contributed by atoms with Gasteiger partial charge >= 0.3 is 0 Å². The molecule has 6 heteroatoms. The van der Waals surface area contributed by atoms with Gasteiger partial charge in [-0.25, -0.2) is 13.1 Å². The molecule has 21 heavy (non-hydrogen) atoms. The van der Waals surface area contributed by atoms with Crippen molar-refractivity contribution in [2.75, 3.05) is 0 Å². The van der Waals surface area contributed by atoms with Crippen LogP contribution in [-0.4, -0.2) is 20.5 Å². The van der Waals surface area contributed by atoms with E-state index in [1.807, 2.05) is 6.07 Å². The molecule has 0 spiro atoms. The average molecular weight is 329 g/mol. The summed E-state index contributed by atoms with van der Waals surface area (Å²) in [5.74, 6) is 0.729. The minimum absolute atomic E-state index is 0.110. The van der Waals surface area contributed by atoms with E-state index in [-0.39, 0.29) is 6.04 Å². The summed E-state index contributed by atoms with van der Waals surface area (Å²) in [6.07, 6.45) is 6.65. The molecule has 0 radical (unpaired) electrons. The van der Waals surface area contributed by atoms with Gasteiger partial charge in [0.2, 0.25) is 10.0 Å². The highest BCUT2D eigenvalue weighted by Crippen LogP contribution is 2.26. The molecule has 0 unspecified atom stereocenters. The van der Waals surface area contributed by atoms with Crippen molar-refractivity contribution in [3.63, 3.8) is 0 Å². The van der Waals surface area contributed by atoms with Gasteiger partial charge in [0.05, 0.1) is 4.90 Å². The van der Waals surface area contributed by atoms with Crippen LogP contribution < -0.4 is 10.0 Å². The third-order valence-corrected chi connectivity index (χ3v) is 7.01. The van der Waals surface area contributed by atoms with E-state index in [1.165, 1.54) is 24.2 Å². The Labute approximate surface area is 131 Å². The van der Waals surface area contributed by atoms with Crippen LogP contribution in [0.3, 0.4) is 0 Å². The topological polar surface area (TPSA) is 58.2 Å². The smallest absolute Gasteiger partial charge is 0.241 e. The van der Waals surface area contributed by atoms with Crippen LogP contribution in [0.5, 0.6) is 0 Å². The van der Waals surface area contributed by atoms with Crippen LogP contribution in [-0.2, 0) is 16.6 Å². The maximum atomic E-state index is 12.4. The second kappa shape index (κ2) is 6.36. The van der Waals surface area contributed by atoms with Gasteiger partial charge in [-0.3, -0.25) is 0 Å². The molecule has 0 bridgehead atoms. The largest absolute Gasteiger partial charge is 0.309 e. The Morgan fingerprint density at radius 3 is 2.48 bits per heavy atom. The summed E-state index contributed by atoms with van der Waals surface area (Å²) in [5, 5.41) is 5.18. The standard InChI is InChI=1S/C15H24N2O2S2/c1-11-2-4-13(5-3-11)17-21(18,19)15-8-14(20-10-15)9-16-12-6-7-12/h8,10-13,16-17H,2-7,9H2,1H3. The maximum Gasteiger partial charge on any atom is 0.241 e. The molecule has 3 rings (SSSR count). The van der Waals surface area contributed by atoms with E-state index >= 15 is 0 Å². The van der Waals surface area contributed by atoms with Crippen LogP contribution in [0.4, 0.5) is 0 Å². The summed E-state index contributed by atoms with van der Waals surface area (Å²) in [6.45, 7) is 3.02. The van der Waals surface area contributed by atoms with Crippen molar-refractivity contribution in [1.82, 2.24) is 10.0 Å². The number of hydrogen-bond donors (Lipinski definition) is 2. The Balaban J connectivity index is 1.58. The van der Waals surface area contributed by atoms with Gasteiger partial charge in [0.1, 0.15) is 0 Å². The zero-order valence-corrected chi connectivity index (χ0v) is 14.1. The Morgan fingerprint density at radius 1 is 1.14 bits per heavy atom. The van der Waals surface area contributed by atoms with Gasteiger partial charge in [0, 0.05) is 28.9 Å². The van der Waals surface area contributed by atoms with Gasteiger partial charge in [0.15, 0.2) is 0 Å². The number of thiophene rings is 1. The van der Waals surface area contributed by atoms with Crippen molar-refractivity contribution < 1.29 is 8.42 Å². The molecule has 0 saturated heterocycles. The first-order valence-electron chi connectivity index (χ1n) is 7.86. The molecule has 2 aliphatic carbocycles. The fourth-order valence-corrected chi connectivity index (χ4v) is 5.32. The number of rotatable bonds is 6. The minimum Gasteiger partial charge on any atom is -0.309 e. The van der Waals surface area contributed by atoms with Crippen LogP contribution >= 0.6 is 11.3 Å². The molecule has 2 N–H and O–H groups in total. The first-order valence-corrected chi connectivity index (χ1v) is 10.2. The van der Waals surface area contributed by atoms with E-state index in [4.69, 9.17) is 0 Å². The SMILES string of the molecule is CC1CCC(NS(=O)(=O)c2csc(CNC3CC3)c2)CC1. The molecule has 2 aliphatic rings. The van der Waals surface area contributed by atoms with E-state index in [0.717, 1.165) is 43.0 Å². The van der Waals surface area contributed by atoms with E-state index in [1.54, 1.807) is 5.38 Å². The van der Waals surface area contributed by atoms with Crippen molar-refractivity contribution >= 4 is 21.4 Å². The molecule has 0 amide bonds. The van der Waals surface area contributed by atoms with Crippen LogP contribution in [0, 0.1) is 5.92 Å². The fraction of sp³-hybridized carbons (Fsp3) is 0.733. The molecular formula is C15H24N2O2S2. The van der Waals surface area contributed by atoms with Gasteiger partial charge in [0.25, 0.3) is 0 Å². The van der Waals surface area contributed by atoms with E-state index in [2.05, 4.69) is 17.0 Å². The second-order valence-electron chi connectivity index (χ2n) is 6.48. The monoisotopic (exact) mass is 328 g/mol. The number of sulfonamides is 1. The molecule has 2 saturated carbocycles. The normalized spacial score (nSPS) is 26.9. The lowest BCUT2D eigenvalue weighted by Crippen LogP contribution is -2.37. The van der Waals surface area contributed by atoms with Crippen LogP contribution in [0.15, 0.2) is 16.3 Å². The third-order valence-electron chi connectivity index (χ3n) is 4.42. The fourth-order valence-electron chi connectivity index (χ4n) is 2.79. The summed E-state index contributed by atoms with van der Waals surface area (Å²) in [7, 11) is -3.35. The summed E-state index contributed by atoms with van der Waals surface area (Å²) >= 11 is 1.53. The maximum absolute atomic E-state index is 12.4. The lowest BCUT2D eigenvalue weighted by atomic mass is 9.88. The molecule has 0 aromatic carbocycles. The average Bonchev–Trinajstić information content (AvgIpc) is 3.15. The van der Waals surface area contributed by atoms with Crippen molar-refractivity contribution in [2.24, 2.45) is 5.92 Å². The summed E-state index contributed by atoms with van der Waals surface area (Å²) in [5.41, 5.74) is 0. The molecule has 0 atom stereocenters. The number of hydrogen-bond acceptors (Lipinski definition) is 4. The second-order valence-corrected chi connectivity index (χ2v) is 9.19. The Kier molecular flexibility index (Phi) is 4.69. The highest BCUT2D eigenvalue weighted by atomic mass is 32.2. The highest BCUT2D eigenvalue weighted by molar-refractivity contribution is 7.89. The van der Waals surface area contributed by atoms with Crippen molar-refractivity contribution in [3.05, 3.63) is 16.3 Å². The van der Waals surface area contributed by atoms with Gasteiger partial charge in [-0.15, -0.1) is 11.3 Å². The summed E-state index contributed by atoms with van der Waals surface area (Å²) in [4.78, 5) is 1.53. The molecule has 2 fully saturated rings. The van der Waals surface area contributed by atoms with Crippen molar-refractivity contribution in [2.45, 2.75) is 69.0 Å². The molecule has 118 valence electrons. The molecule has 1 aromatic rings. The van der Waals surface area contributed by atoms with E-state index in [9.17, 15) is 8.42 Å². The zero-order valence-electron chi connectivity index (χ0n) is 12.5. The predicted molar refractivity (Wildman–Crippen MR) is 85.9 cm³/mol. The van der Waals surface area contributed by atoms with Crippen molar-refractivity contribution in [1.29, 1.82) is 0 Å². The first kappa shape index (κ1) is 15.5. The van der Waals surface area contributed by atoms with Gasteiger partial charge in [-0.1, -0.05) is 6.92 Å². The third kappa shape index (κ3) is 4.28. The summed E-state index contributed by atoms with van der Waals surface area (Å²) in [6, 6.07) is 2.57. The zero-order chi connectivity index (χ0) is 14.9. The minimum atomic E-state index is -3.35. The Bertz CT molecular complexity index is 570. The van der Waals surface area contributed by atoms with Crippen molar-refractivity contribution in [3.8, 4) is 0 Å². The van der Waals surface area contributed by atoms with Crippen LogP contribution in [0.2, 0.25) is 0 Å². The quantitative estimate of drug-likeness (QED) is 0.844. The van der Waals surface area contributed by atoms with Gasteiger partial charge in [-0.05, 0) is 50.5 Å². The van der Waals surface area contributed by atoms with Gasteiger partial charge in [-0.2, -0.15) is 0 Å². The molecule has 0 aliphatic heterocycles. The van der Waals surface area contributed by atoms with Gasteiger partial charge < -0.3 is 5.32 Å². The van der Waals surface area contributed by atoms with E-state index in [0.29, 0.717) is 10.9 Å². The van der Waals surface area contributed by atoms with E-state index < -0.39 is 10.0 Å². The first-order chi connectivity index (χ1) is 10.0. The van der Waals surface area contributed by atoms with Crippen LogP contribution in [0.25, 0.3) is 0 Å². The molecule has 1 aromatic heterocycles. The molecule has 1 heterocycles.